The summed E-state index contributed by atoms with van der Waals surface area (Å²) in [5.74, 6) is 2.05. The number of benzene rings is 1. The van der Waals surface area contributed by atoms with Crippen LogP contribution in [0.2, 0.25) is 5.02 Å². The van der Waals surface area contributed by atoms with Crippen molar-refractivity contribution in [2.75, 3.05) is 12.8 Å². The van der Waals surface area contributed by atoms with E-state index in [0.717, 1.165) is 16.4 Å². The van der Waals surface area contributed by atoms with Crippen LogP contribution in [0.4, 0.5) is 0 Å². The second kappa shape index (κ2) is 6.86. The predicted molar refractivity (Wildman–Crippen MR) is 82.1 cm³/mol. The Morgan fingerprint density at radius 3 is 2.70 bits per heavy atom. The number of hydrogen-bond donors (Lipinski definition) is 0. The molecule has 0 saturated heterocycles. The molecule has 1 amide bonds. The van der Waals surface area contributed by atoms with Crippen molar-refractivity contribution in [3.05, 3.63) is 52.9 Å². The summed E-state index contributed by atoms with van der Waals surface area (Å²) in [5.41, 5.74) is 0. The van der Waals surface area contributed by atoms with Gasteiger partial charge in [-0.25, -0.2) is 0 Å². The first-order chi connectivity index (χ1) is 9.56. The summed E-state index contributed by atoms with van der Waals surface area (Å²) in [5, 5.41) is 0.676. The van der Waals surface area contributed by atoms with E-state index in [2.05, 4.69) is 0 Å². The molecule has 106 valence electrons. The van der Waals surface area contributed by atoms with Crippen molar-refractivity contribution in [3.63, 3.8) is 0 Å². The highest BCUT2D eigenvalue weighted by Gasteiger charge is 2.12. The highest BCUT2D eigenvalue weighted by Crippen LogP contribution is 2.26. The van der Waals surface area contributed by atoms with Gasteiger partial charge in [0.15, 0.2) is 0 Å². The van der Waals surface area contributed by atoms with Gasteiger partial charge in [0.05, 0.1) is 17.3 Å². The van der Waals surface area contributed by atoms with E-state index in [-0.39, 0.29) is 5.91 Å². The van der Waals surface area contributed by atoms with E-state index in [1.54, 1.807) is 11.9 Å². The smallest absolute Gasteiger partial charge is 0.233 e. The summed E-state index contributed by atoms with van der Waals surface area (Å²) in [4.78, 5) is 14.6. The van der Waals surface area contributed by atoms with Gasteiger partial charge >= 0.3 is 0 Å². The molecular weight excluding hydrogens is 294 g/mol. The number of thioether (sulfide) groups is 1. The van der Waals surface area contributed by atoms with E-state index in [9.17, 15) is 4.79 Å². The molecule has 1 heterocycles. The van der Waals surface area contributed by atoms with Gasteiger partial charge in [-0.15, -0.1) is 11.8 Å². The molecule has 0 aliphatic carbocycles. The van der Waals surface area contributed by atoms with Crippen LogP contribution in [0.1, 0.15) is 11.5 Å². The van der Waals surface area contributed by atoms with Crippen LogP contribution in [0.5, 0.6) is 0 Å². The molecule has 2 aromatic rings. The Hall–Kier alpha value is -1.39. The number of carbonyl (C=O) groups is 1. The fourth-order valence-electron chi connectivity index (χ4n) is 1.70. The lowest BCUT2D eigenvalue weighted by molar-refractivity contribution is -0.127. The Bertz CT molecular complexity index is 597. The van der Waals surface area contributed by atoms with Gasteiger partial charge in [-0.05, 0) is 31.2 Å². The summed E-state index contributed by atoms with van der Waals surface area (Å²) in [7, 11) is 1.77. The normalized spacial score (nSPS) is 10.6. The van der Waals surface area contributed by atoms with E-state index in [0.29, 0.717) is 17.3 Å². The third-order valence-electron chi connectivity index (χ3n) is 2.80. The number of furan rings is 1. The maximum Gasteiger partial charge on any atom is 0.233 e. The van der Waals surface area contributed by atoms with Crippen LogP contribution in [-0.2, 0) is 11.3 Å². The molecule has 1 aromatic heterocycles. The molecule has 0 unspecified atom stereocenters. The number of aryl methyl sites for hydroxylation is 1. The third kappa shape index (κ3) is 4.05. The number of halogens is 1. The van der Waals surface area contributed by atoms with Crippen LogP contribution >= 0.6 is 23.4 Å². The van der Waals surface area contributed by atoms with Crippen LogP contribution in [0, 0.1) is 6.92 Å². The van der Waals surface area contributed by atoms with E-state index in [1.165, 1.54) is 11.8 Å². The van der Waals surface area contributed by atoms with Crippen LogP contribution in [0.25, 0.3) is 0 Å². The fraction of sp³-hybridized carbons (Fsp3) is 0.267. The summed E-state index contributed by atoms with van der Waals surface area (Å²) in [6.45, 7) is 2.37. The molecule has 0 spiro atoms. The Balaban J connectivity index is 1.87. The molecule has 5 heteroatoms. The summed E-state index contributed by atoms with van der Waals surface area (Å²) >= 11 is 7.50. The molecule has 2 rings (SSSR count). The summed E-state index contributed by atoms with van der Waals surface area (Å²) in [6, 6.07) is 11.3. The number of rotatable bonds is 5. The number of carbonyl (C=O) groups excluding carboxylic acids is 1. The molecule has 3 nitrogen and oxygen atoms in total. The van der Waals surface area contributed by atoms with Gasteiger partial charge in [0.1, 0.15) is 11.5 Å². The minimum Gasteiger partial charge on any atom is -0.464 e. The van der Waals surface area contributed by atoms with Crippen molar-refractivity contribution in [2.24, 2.45) is 0 Å². The standard InChI is InChI=1S/C15H16ClNO2S/c1-11-7-8-12(19-11)9-17(2)15(18)10-20-14-6-4-3-5-13(14)16/h3-8H,9-10H2,1-2H3. The average molecular weight is 310 g/mol. The topological polar surface area (TPSA) is 33.5 Å². The van der Waals surface area contributed by atoms with Crippen molar-refractivity contribution >= 4 is 29.3 Å². The highest BCUT2D eigenvalue weighted by molar-refractivity contribution is 8.00. The number of amides is 1. The van der Waals surface area contributed by atoms with Crippen molar-refractivity contribution in [3.8, 4) is 0 Å². The van der Waals surface area contributed by atoms with E-state index < -0.39 is 0 Å². The lowest BCUT2D eigenvalue weighted by Crippen LogP contribution is -2.27. The molecule has 0 N–H and O–H groups in total. The zero-order valence-electron chi connectivity index (χ0n) is 11.4. The summed E-state index contributed by atoms with van der Waals surface area (Å²) < 4.78 is 5.46. The Labute approximate surface area is 127 Å². The molecule has 1 aromatic carbocycles. The Morgan fingerprint density at radius 1 is 1.30 bits per heavy atom. The fourth-order valence-corrected chi connectivity index (χ4v) is 2.88. The van der Waals surface area contributed by atoms with Crippen molar-refractivity contribution in [1.29, 1.82) is 0 Å². The van der Waals surface area contributed by atoms with E-state index in [4.69, 9.17) is 16.0 Å². The molecule has 20 heavy (non-hydrogen) atoms. The van der Waals surface area contributed by atoms with Gasteiger partial charge in [-0.3, -0.25) is 4.79 Å². The molecule has 0 fully saturated rings. The SMILES string of the molecule is Cc1ccc(CN(C)C(=O)CSc2ccccc2Cl)o1. The molecular formula is C15H16ClNO2S. The molecule has 0 atom stereocenters. The molecule has 0 radical (unpaired) electrons. The Morgan fingerprint density at radius 2 is 2.05 bits per heavy atom. The van der Waals surface area contributed by atoms with Crippen LogP contribution < -0.4 is 0 Å². The van der Waals surface area contributed by atoms with Crippen molar-refractivity contribution < 1.29 is 9.21 Å². The van der Waals surface area contributed by atoms with E-state index in [1.807, 2.05) is 43.3 Å². The first-order valence-electron chi connectivity index (χ1n) is 6.23. The molecule has 0 saturated carbocycles. The Kier molecular flexibility index (Phi) is 5.15. The molecule has 0 aliphatic rings. The molecule has 0 bridgehead atoms. The second-order valence-corrected chi connectivity index (χ2v) is 5.91. The maximum absolute atomic E-state index is 12.1. The first kappa shape index (κ1) is 15.0. The molecule has 0 aliphatic heterocycles. The lowest BCUT2D eigenvalue weighted by atomic mass is 10.4. The zero-order valence-corrected chi connectivity index (χ0v) is 13.0. The monoisotopic (exact) mass is 309 g/mol. The van der Waals surface area contributed by atoms with Crippen LogP contribution in [0.3, 0.4) is 0 Å². The summed E-state index contributed by atoms with van der Waals surface area (Å²) in [6.07, 6.45) is 0. The lowest BCUT2D eigenvalue weighted by Gasteiger charge is -2.15. The van der Waals surface area contributed by atoms with Crippen molar-refractivity contribution in [1.82, 2.24) is 4.90 Å². The number of hydrogen-bond acceptors (Lipinski definition) is 3. The number of nitrogens with zero attached hydrogens (tertiary/aromatic N) is 1. The van der Waals surface area contributed by atoms with Gasteiger partial charge in [0, 0.05) is 11.9 Å². The first-order valence-corrected chi connectivity index (χ1v) is 7.59. The largest absolute Gasteiger partial charge is 0.464 e. The highest BCUT2D eigenvalue weighted by atomic mass is 35.5. The van der Waals surface area contributed by atoms with Crippen LogP contribution in [-0.4, -0.2) is 23.6 Å². The minimum absolute atomic E-state index is 0.0453. The van der Waals surface area contributed by atoms with Gasteiger partial charge in [-0.1, -0.05) is 23.7 Å². The predicted octanol–water partition coefficient (Wildman–Crippen LogP) is 3.99. The maximum atomic E-state index is 12.1. The van der Waals surface area contributed by atoms with Gasteiger partial charge in [0.2, 0.25) is 5.91 Å². The van der Waals surface area contributed by atoms with Crippen molar-refractivity contribution in [2.45, 2.75) is 18.4 Å². The van der Waals surface area contributed by atoms with Gasteiger partial charge in [-0.2, -0.15) is 0 Å². The van der Waals surface area contributed by atoms with E-state index >= 15 is 0 Å². The van der Waals surface area contributed by atoms with Gasteiger partial charge < -0.3 is 9.32 Å². The van der Waals surface area contributed by atoms with Crippen LogP contribution in [0.15, 0.2) is 45.7 Å². The second-order valence-electron chi connectivity index (χ2n) is 4.48. The quantitative estimate of drug-likeness (QED) is 0.783. The average Bonchev–Trinajstić information content (AvgIpc) is 2.82. The third-order valence-corrected chi connectivity index (χ3v) is 4.30. The minimum atomic E-state index is 0.0453. The van der Waals surface area contributed by atoms with Gasteiger partial charge in [0.25, 0.3) is 0 Å². The zero-order chi connectivity index (χ0) is 14.5.